The van der Waals surface area contributed by atoms with Crippen molar-refractivity contribution in [3.05, 3.63) is 35.4 Å². The van der Waals surface area contributed by atoms with Crippen LogP contribution in [0.25, 0.3) is 0 Å². The summed E-state index contributed by atoms with van der Waals surface area (Å²) < 4.78 is 12.0. The highest BCUT2D eigenvalue weighted by molar-refractivity contribution is 5.95. The first-order valence-electron chi connectivity index (χ1n) is 15.7. The largest absolute Gasteiger partial charge is 0.459 e. The van der Waals surface area contributed by atoms with Gasteiger partial charge in [-0.25, -0.2) is 9.59 Å². The van der Waals surface area contributed by atoms with Crippen LogP contribution in [0.2, 0.25) is 0 Å². The van der Waals surface area contributed by atoms with Crippen molar-refractivity contribution in [1.29, 1.82) is 0 Å². The molecule has 0 aliphatic carbocycles. The minimum Gasteiger partial charge on any atom is -0.459 e. The van der Waals surface area contributed by atoms with E-state index in [0.29, 0.717) is 34.8 Å². The van der Waals surface area contributed by atoms with Crippen LogP contribution < -0.4 is 0 Å². The van der Waals surface area contributed by atoms with Crippen LogP contribution in [0.4, 0.5) is 0 Å². The molecule has 0 aromatic heterocycles. The lowest BCUT2D eigenvalue weighted by atomic mass is 9.87. The molecule has 0 aliphatic heterocycles. The first-order chi connectivity index (χ1) is 18.2. The Balaban J connectivity index is 2.88. The SMILES string of the molecule is CCCCC(CCC(CC)C(C)C)OC(=O)c1cccc(C(=O)OC(CCCC)CCC(CC)C(C)C)c1. The van der Waals surface area contributed by atoms with Gasteiger partial charge in [-0.2, -0.15) is 0 Å². The summed E-state index contributed by atoms with van der Waals surface area (Å²) in [5.41, 5.74) is 0.848. The Labute approximate surface area is 234 Å². The van der Waals surface area contributed by atoms with E-state index < -0.39 is 0 Å². The molecule has 0 radical (unpaired) electrons. The third kappa shape index (κ3) is 12.8. The van der Waals surface area contributed by atoms with E-state index in [1.807, 2.05) is 0 Å². The minimum absolute atomic E-state index is 0.0863. The second kappa shape index (κ2) is 19.3. The first-order valence-corrected chi connectivity index (χ1v) is 15.7. The molecule has 0 bridgehead atoms. The average molecular weight is 531 g/mol. The van der Waals surface area contributed by atoms with Crippen LogP contribution in [0.5, 0.6) is 0 Å². The van der Waals surface area contributed by atoms with Crippen molar-refractivity contribution in [1.82, 2.24) is 0 Å². The van der Waals surface area contributed by atoms with Crippen molar-refractivity contribution in [2.24, 2.45) is 23.7 Å². The van der Waals surface area contributed by atoms with Gasteiger partial charge in [0.1, 0.15) is 12.2 Å². The van der Waals surface area contributed by atoms with Gasteiger partial charge in [0.15, 0.2) is 0 Å². The zero-order chi connectivity index (χ0) is 28.5. The number of hydrogen-bond donors (Lipinski definition) is 0. The molecule has 0 saturated carbocycles. The van der Waals surface area contributed by atoms with Crippen molar-refractivity contribution in [3.8, 4) is 0 Å². The minimum atomic E-state index is -0.344. The smallest absolute Gasteiger partial charge is 0.338 e. The number of benzene rings is 1. The molecule has 0 heterocycles. The number of ether oxygens (including phenoxy) is 2. The van der Waals surface area contributed by atoms with Crippen LogP contribution in [0.1, 0.15) is 153 Å². The Kier molecular flexibility index (Phi) is 17.3. The molecule has 0 amide bonds. The molecule has 4 atom stereocenters. The summed E-state index contributed by atoms with van der Waals surface area (Å²) in [6.07, 6.45) is 12.0. The summed E-state index contributed by atoms with van der Waals surface area (Å²) in [5.74, 6) is 1.86. The van der Waals surface area contributed by atoms with Crippen molar-refractivity contribution in [2.45, 2.75) is 145 Å². The zero-order valence-corrected chi connectivity index (χ0v) is 25.9. The van der Waals surface area contributed by atoms with Gasteiger partial charge >= 0.3 is 11.9 Å². The molecule has 0 aliphatic rings. The fraction of sp³-hybridized carbons (Fsp3) is 0.765. The number of rotatable bonds is 20. The molecular formula is C34H58O4. The van der Waals surface area contributed by atoms with E-state index in [1.165, 1.54) is 0 Å². The fourth-order valence-corrected chi connectivity index (χ4v) is 5.42. The lowest BCUT2D eigenvalue weighted by Crippen LogP contribution is -2.22. The normalized spacial score (nSPS) is 14.8. The van der Waals surface area contributed by atoms with E-state index >= 15 is 0 Å². The van der Waals surface area contributed by atoms with Gasteiger partial charge in [0.2, 0.25) is 0 Å². The molecule has 1 aromatic carbocycles. The van der Waals surface area contributed by atoms with Crippen LogP contribution in [0.3, 0.4) is 0 Å². The summed E-state index contributed by atoms with van der Waals surface area (Å²) in [4.78, 5) is 26.2. The quantitative estimate of drug-likeness (QED) is 0.157. The van der Waals surface area contributed by atoms with Crippen LogP contribution in [0.15, 0.2) is 24.3 Å². The Hall–Kier alpha value is -1.84. The monoisotopic (exact) mass is 530 g/mol. The molecule has 4 unspecified atom stereocenters. The van der Waals surface area contributed by atoms with Crippen LogP contribution >= 0.6 is 0 Å². The maximum absolute atomic E-state index is 13.1. The fourth-order valence-electron chi connectivity index (χ4n) is 5.42. The van der Waals surface area contributed by atoms with Crippen LogP contribution in [-0.2, 0) is 9.47 Å². The predicted molar refractivity (Wildman–Crippen MR) is 160 cm³/mol. The molecule has 1 rings (SSSR count). The molecule has 4 heteroatoms. The first kappa shape index (κ1) is 34.2. The second-order valence-corrected chi connectivity index (χ2v) is 11.9. The van der Waals surface area contributed by atoms with Gasteiger partial charge in [-0.1, -0.05) is 100.0 Å². The van der Waals surface area contributed by atoms with Gasteiger partial charge in [-0.15, -0.1) is 0 Å². The Bertz CT molecular complexity index is 723. The lowest BCUT2D eigenvalue weighted by molar-refractivity contribution is 0.0233. The van der Waals surface area contributed by atoms with Crippen LogP contribution in [-0.4, -0.2) is 24.1 Å². The van der Waals surface area contributed by atoms with Gasteiger partial charge < -0.3 is 9.47 Å². The molecule has 0 N–H and O–H groups in total. The Morgan fingerprint density at radius 2 is 1.03 bits per heavy atom. The number of unbranched alkanes of at least 4 members (excludes halogenated alkanes) is 2. The molecule has 0 spiro atoms. The van der Waals surface area contributed by atoms with E-state index in [-0.39, 0.29) is 24.1 Å². The molecule has 0 saturated heterocycles. The standard InChI is InChI=1S/C34H58O4/c1-9-13-18-31(22-20-27(11-3)25(5)6)37-33(35)29-16-15-17-30(24-29)34(36)38-32(19-14-10-2)23-21-28(12-4)26(7)8/h15-17,24-28,31-32H,9-14,18-23H2,1-8H3. The molecule has 38 heavy (non-hydrogen) atoms. The van der Waals surface area contributed by atoms with Gasteiger partial charge in [0.05, 0.1) is 11.1 Å². The molecular weight excluding hydrogens is 472 g/mol. The maximum Gasteiger partial charge on any atom is 0.338 e. The van der Waals surface area contributed by atoms with Crippen molar-refractivity contribution < 1.29 is 19.1 Å². The number of esters is 2. The van der Waals surface area contributed by atoms with Gasteiger partial charge in [0, 0.05) is 0 Å². The highest BCUT2D eigenvalue weighted by Gasteiger charge is 2.22. The number of carbonyl (C=O) groups is 2. The molecule has 218 valence electrons. The molecule has 0 fully saturated rings. The topological polar surface area (TPSA) is 52.6 Å². The zero-order valence-electron chi connectivity index (χ0n) is 25.9. The molecule has 1 aromatic rings. The van der Waals surface area contributed by atoms with Crippen molar-refractivity contribution in [2.75, 3.05) is 0 Å². The van der Waals surface area contributed by atoms with Gasteiger partial charge in [-0.3, -0.25) is 0 Å². The highest BCUT2D eigenvalue weighted by Crippen LogP contribution is 2.26. The van der Waals surface area contributed by atoms with E-state index in [1.54, 1.807) is 24.3 Å². The summed E-state index contributed by atoms with van der Waals surface area (Å²) in [6.45, 7) is 17.9. The predicted octanol–water partition coefficient (Wildman–Crippen LogP) is 10.0. The Morgan fingerprint density at radius 3 is 1.34 bits per heavy atom. The van der Waals surface area contributed by atoms with Crippen molar-refractivity contribution in [3.63, 3.8) is 0 Å². The summed E-state index contributed by atoms with van der Waals surface area (Å²) in [5, 5.41) is 0. The van der Waals surface area contributed by atoms with E-state index in [4.69, 9.17) is 9.47 Å². The van der Waals surface area contributed by atoms with E-state index in [9.17, 15) is 9.59 Å². The van der Waals surface area contributed by atoms with Gasteiger partial charge in [0.25, 0.3) is 0 Å². The third-order valence-corrected chi connectivity index (χ3v) is 8.29. The Morgan fingerprint density at radius 1 is 0.632 bits per heavy atom. The van der Waals surface area contributed by atoms with Gasteiger partial charge in [-0.05, 0) is 80.4 Å². The summed E-state index contributed by atoms with van der Waals surface area (Å²) in [6, 6.07) is 6.88. The number of hydrogen-bond acceptors (Lipinski definition) is 4. The van der Waals surface area contributed by atoms with E-state index in [2.05, 4.69) is 55.4 Å². The van der Waals surface area contributed by atoms with Crippen LogP contribution in [0, 0.1) is 23.7 Å². The molecule has 4 nitrogen and oxygen atoms in total. The summed E-state index contributed by atoms with van der Waals surface area (Å²) in [7, 11) is 0. The lowest BCUT2D eigenvalue weighted by Gasteiger charge is -2.24. The maximum atomic E-state index is 13.1. The van der Waals surface area contributed by atoms with E-state index in [0.717, 1.165) is 77.0 Å². The number of carbonyl (C=O) groups excluding carboxylic acids is 2. The summed E-state index contributed by atoms with van der Waals surface area (Å²) >= 11 is 0. The third-order valence-electron chi connectivity index (χ3n) is 8.29. The average Bonchev–Trinajstić information content (AvgIpc) is 2.90. The second-order valence-electron chi connectivity index (χ2n) is 11.9. The van der Waals surface area contributed by atoms with Crippen molar-refractivity contribution >= 4 is 11.9 Å². The highest BCUT2D eigenvalue weighted by atomic mass is 16.5.